The van der Waals surface area contributed by atoms with Crippen LogP contribution in [0.25, 0.3) is 6.08 Å². The van der Waals surface area contributed by atoms with E-state index >= 15 is 0 Å². The first-order valence-electron chi connectivity index (χ1n) is 10.9. The third-order valence-electron chi connectivity index (χ3n) is 5.07. The molecule has 1 aromatic rings. The molecule has 2 aliphatic rings. The molecule has 1 aliphatic carbocycles. The minimum atomic E-state index is -0.429. The lowest BCUT2D eigenvalue weighted by atomic mass is 10.0. The van der Waals surface area contributed by atoms with Crippen LogP contribution in [-0.4, -0.2) is 64.9 Å². The number of nitrogens with zero attached hydrogens (tertiary/aromatic N) is 2. The van der Waals surface area contributed by atoms with Crippen molar-refractivity contribution in [3.05, 3.63) is 42.0 Å². The van der Waals surface area contributed by atoms with Crippen molar-refractivity contribution in [2.24, 2.45) is 0 Å². The molecule has 29 heavy (non-hydrogen) atoms. The minimum Gasteiger partial charge on any atom is -0.444 e. The van der Waals surface area contributed by atoms with Crippen molar-refractivity contribution in [2.75, 3.05) is 26.2 Å². The van der Waals surface area contributed by atoms with Crippen LogP contribution in [0.3, 0.4) is 0 Å². The van der Waals surface area contributed by atoms with E-state index in [2.05, 4.69) is 23.1 Å². The van der Waals surface area contributed by atoms with Gasteiger partial charge in [-0.25, -0.2) is 4.79 Å². The molecule has 0 radical (unpaired) electrons. The fraction of sp³-hybridized carbons (Fsp3) is 0.625. The van der Waals surface area contributed by atoms with E-state index in [1.807, 2.05) is 56.9 Å². The molecule has 1 heterocycles. The van der Waals surface area contributed by atoms with Gasteiger partial charge in [0, 0.05) is 31.7 Å². The van der Waals surface area contributed by atoms with Crippen LogP contribution in [0, 0.1) is 0 Å². The molecule has 1 aliphatic heterocycles. The summed E-state index contributed by atoms with van der Waals surface area (Å²) >= 11 is 0. The zero-order chi connectivity index (χ0) is 21.3. The van der Waals surface area contributed by atoms with Crippen molar-refractivity contribution in [3.8, 4) is 0 Å². The van der Waals surface area contributed by atoms with Crippen molar-refractivity contribution < 1.29 is 14.6 Å². The quantitative estimate of drug-likeness (QED) is 0.784. The topological polar surface area (TPSA) is 53.0 Å². The van der Waals surface area contributed by atoms with Gasteiger partial charge in [0.15, 0.2) is 0 Å². The normalized spacial score (nSPS) is 18.2. The molecule has 5 heteroatoms. The number of hydrogen-bond acceptors (Lipinski definition) is 4. The van der Waals surface area contributed by atoms with Gasteiger partial charge in [0.05, 0.1) is 6.61 Å². The first kappa shape index (κ1) is 23.4. The van der Waals surface area contributed by atoms with Crippen LogP contribution in [0.2, 0.25) is 0 Å². The van der Waals surface area contributed by atoms with Gasteiger partial charge in [-0.1, -0.05) is 42.5 Å². The lowest BCUT2D eigenvalue weighted by molar-refractivity contribution is 0.00510. The van der Waals surface area contributed by atoms with E-state index in [1.165, 1.54) is 5.56 Å². The Bertz CT molecular complexity index is 627. The number of allylic oxidation sites excluding steroid dienone is 1. The molecule has 0 spiro atoms. The maximum Gasteiger partial charge on any atom is 0.410 e. The zero-order valence-electron chi connectivity index (χ0n) is 18.5. The van der Waals surface area contributed by atoms with Crippen molar-refractivity contribution in [2.45, 2.75) is 71.1 Å². The third-order valence-corrected chi connectivity index (χ3v) is 5.07. The first-order valence-corrected chi connectivity index (χ1v) is 10.9. The van der Waals surface area contributed by atoms with Crippen LogP contribution in [0.1, 0.15) is 58.9 Å². The number of likely N-dealkylation sites (tertiary alicyclic amines) is 1. The number of hydrogen-bond donors (Lipinski definition) is 1. The van der Waals surface area contributed by atoms with E-state index in [1.54, 1.807) is 0 Å². The molecule has 5 nitrogen and oxygen atoms in total. The second-order valence-corrected chi connectivity index (χ2v) is 8.83. The van der Waals surface area contributed by atoms with Gasteiger partial charge in [-0.05, 0) is 58.9 Å². The van der Waals surface area contributed by atoms with Gasteiger partial charge < -0.3 is 19.6 Å². The van der Waals surface area contributed by atoms with E-state index in [-0.39, 0.29) is 12.7 Å². The number of amides is 1. The Morgan fingerprint density at radius 2 is 1.72 bits per heavy atom. The summed E-state index contributed by atoms with van der Waals surface area (Å²) in [6.07, 6.45) is 8.15. The predicted molar refractivity (Wildman–Crippen MR) is 119 cm³/mol. The Kier molecular flexibility index (Phi) is 9.18. The molecule has 3 rings (SSSR count). The highest BCUT2D eigenvalue weighted by Crippen LogP contribution is 2.33. The number of ether oxygens (including phenoxy) is 1. The summed E-state index contributed by atoms with van der Waals surface area (Å²) in [5.74, 6) is 0. The number of carbonyl (C=O) groups excluding carboxylic acids is 1. The summed E-state index contributed by atoms with van der Waals surface area (Å²) in [6.45, 7) is 10.6. The van der Waals surface area contributed by atoms with Crippen molar-refractivity contribution >= 4 is 12.2 Å². The Morgan fingerprint density at radius 1 is 1.14 bits per heavy atom. The minimum absolute atomic E-state index is 0.152. The van der Waals surface area contributed by atoms with E-state index in [0.717, 1.165) is 45.3 Å². The molecular formula is C24H38N2O3. The second kappa shape index (κ2) is 11.4. The largest absolute Gasteiger partial charge is 0.444 e. The molecule has 1 N–H and O–H groups in total. The van der Waals surface area contributed by atoms with Crippen molar-refractivity contribution in [1.82, 2.24) is 9.80 Å². The summed E-state index contributed by atoms with van der Waals surface area (Å²) in [5, 5.41) is 8.98. The van der Waals surface area contributed by atoms with Crippen LogP contribution in [0.5, 0.6) is 0 Å². The monoisotopic (exact) mass is 402 g/mol. The van der Waals surface area contributed by atoms with Gasteiger partial charge in [-0.2, -0.15) is 0 Å². The van der Waals surface area contributed by atoms with Crippen LogP contribution < -0.4 is 0 Å². The van der Waals surface area contributed by atoms with E-state index in [9.17, 15) is 4.79 Å². The Hall–Kier alpha value is -1.85. The number of carbonyl (C=O) groups is 1. The molecule has 1 aromatic carbocycles. The van der Waals surface area contributed by atoms with Crippen LogP contribution in [0.15, 0.2) is 36.4 Å². The van der Waals surface area contributed by atoms with Gasteiger partial charge in [-0.15, -0.1) is 0 Å². The summed E-state index contributed by atoms with van der Waals surface area (Å²) in [5.41, 5.74) is 0.835. The van der Waals surface area contributed by atoms with E-state index < -0.39 is 5.60 Å². The highest BCUT2D eigenvalue weighted by Gasteiger charge is 2.40. The molecule has 1 saturated carbocycles. The molecule has 1 amide bonds. The fourth-order valence-electron chi connectivity index (χ4n) is 3.58. The zero-order valence-corrected chi connectivity index (χ0v) is 18.5. The third kappa shape index (κ3) is 8.58. The lowest BCUT2D eigenvalue weighted by Gasteiger charge is -2.39. The average Bonchev–Trinajstić information content (AvgIpc) is 3.49. The number of benzene rings is 1. The number of rotatable bonds is 5. The first-order chi connectivity index (χ1) is 13.8. The average molecular weight is 403 g/mol. The molecule has 2 fully saturated rings. The van der Waals surface area contributed by atoms with Gasteiger partial charge in [-0.3, -0.25) is 0 Å². The molecule has 0 bridgehead atoms. The standard InChI is InChI=1S/C15H28N2O3.C9H10/c1-15(2,3)20-14(19)17(12-4-5-12)13-6-8-16(9-7-13)10-11-18;1-2-6-9-7-4-3-5-8-9/h12-13,18H,4-11H2,1-3H3;2-8H,1H3/b;6-2-. The fourth-order valence-corrected chi connectivity index (χ4v) is 3.58. The smallest absolute Gasteiger partial charge is 0.410 e. The molecule has 1 saturated heterocycles. The van der Waals surface area contributed by atoms with E-state index in [0.29, 0.717) is 12.1 Å². The SMILES string of the molecule is C/C=C\c1ccccc1.CC(C)(C)OC(=O)N(C1CC1)C1CCN(CCO)CC1. The van der Waals surface area contributed by atoms with Gasteiger partial charge >= 0.3 is 6.09 Å². The summed E-state index contributed by atoms with van der Waals surface area (Å²) in [6, 6.07) is 10.9. The molecular weight excluding hydrogens is 364 g/mol. The molecule has 0 aromatic heterocycles. The predicted octanol–water partition coefficient (Wildman–Crippen LogP) is 4.56. The maximum absolute atomic E-state index is 12.4. The number of β-amino-alcohol motifs (C(OH)–C–C–N with tert-alkyl or cyclic N) is 1. The van der Waals surface area contributed by atoms with Gasteiger partial charge in [0.2, 0.25) is 0 Å². The second-order valence-electron chi connectivity index (χ2n) is 8.83. The van der Waals surface area contributed by atoms with Crippen molar-refractivity contribution in [1.29, 1.82) is 0 Å². The van der Waals surface area contributed by atoms with Gasteiger partial charge in [0.25, 0.3) is 0 Å². The van der Waals surface area contributed by atoms with Crippen LogP contribution >= 0.6 is 0 Å². The summed E-state index contributed by atoms with van der Waals surface area (Å²) in [4.78, 5) is 16.6. The molecule has 162 valence electrons. The number of aliphatic hydroxyl groups is 1. The maximum atomic E-state index is 12.4. The summed E-state index contributed by atoms with van der Waals surface area (Å²) < 4.78 is 5.56. The highest BCUT2D eigenvalue weighted by molar-refractivity contribution is 5.69. The lowest BCUT2D eigenvalue weighted by Crippen LogP contribution is -2.50. The van der Waals surface area contributed by atoms with Crippen molar-refractivity contribution in [3.63, 3.8) is 0 Å². The van der Waals surface area contributed by atoms with Gasteiger partial charge in [0.1, 0.15) is 5.60 Å². The van der Waals surface area contributed by atoms with Crippen LogP contribution in [0.4, 0.5) is 4.79 Å². The Balaban J connectivity index is 0.000000278. The number of aliphatic hydroxyl groups excluding tert-OH is 1. The molecule has 0 unspecified atom stereocenters. The van der Waals surface area contributed by atoms with E-state index in [4.69, 9.17) is 9.84 Å². The highest BCUT2D eigenvalue weighted by atomic mass is 16.6. The Labute approximate surface area is 176 Å². The molecule has 0 atom stereocenters. The Morgan fingerprint density at radius 3 is 2.21 bits per heavy atom. The summed E-state index contributed by atoms with van der Waals surface area (Å²) in [7, 11) is 0. The number of piperidine rings is 1. The van der Waals surface area contributed by atoms with Crippen LogP contribution in [-0.2, 0) is 4.74 Å².